The molecule has 0 bridgehead atoms. The fourth-order valence-electron chi connectivity index (χ4n) is 2.62. The summed E-state index contributed by atoms with van der Waals surface area (Å²) in [6.45, 7) is 5.73. The van der Waals surface area contributed by atoms with Gasteiger partial charge in [-0.3, -0.25) is 4.90 Å². The van der Waals surface area contributed by atoms with Crippen LogP contribution in [0.15, 0.2) is 30.3 Å². The van der Waals surface area contributed by atoms with Gasteiger partial charge in [-0.2, -0.15) is 0 Å². The number of hydrogen-bond donors (Lipinski definition) is 1. The summed E-state index contributed by atoms with van der Waals surface area (Å²) in [5.74, 6) is -0.920. The minimum atomic E-state index is -0.920. The molecule has 1 N–H and O–H groups in total. The van der Waals surface area contributed by atoms with Crippen molar-refractivity contribution < 1.29 is 14.6 Å². The van der Waals surface area contributed by atoms with E-state index in [0.29, 0.717) is 6.10 Å². The van der Waals surface area contributed by atoms with E-state index in [1.807, 2.05) is 18.2 Å². The highest BCUT2D eigenvalue weighted by molar-refractivity contribution is 5.85. The lowest BCUT2D eigenvalue weighted by atomic mass is 10.1. The average molecular weight is 289 g/mol. The molecule has 1 heterocycles. The van der Waals surface area contributed by atoms with E-state index in [1.165, 1.54) is 6.08 Å². The number of carboxylic acids is 1. The molecule has 21 heavy (non-hydrogen) atoms. The SMILES string of the molecule is CCN(Cc1ccccc1C=CC(=O)O)CC1CCCO1. The first-order chi connectivity index (χ1) is 10.2. The average Bonchev–Trinajstić information content (AvgIpc) is 2.98. The van der Waals surface area contributed by atoms with Crippen LogP contribution >= 0.6 is 0 Å². The largest absolute Gasteiger partial charge is 0.478 e. The van der Waals surface area contributed by atoms with Gasteiger partial charge in [0.2, 0.25) is 0 Å². The zero-order valence-electron chi connectivity index (χ0n) is 12.5. The Morgan fingerprint density at radius 2 is 2.29 bits per heavy atom. The molecule has 1 aromatic carbocycles. The van der Waals surface area contributed by atoms with Crippen molar-refractivity contribution >= 4 is 12.0 Å². The summed E-state index contributed by atoms with van der Waals surface area (Å²) in [4.78, 5) is 13.0. The van der Waals surface area contributed by atoms with Gasteiger partial charge in [0.1, 0.15) is 0 Å². The summed E-state index contributed by atoms with van der Waals surface area (Å²) in [5, 5.41) is 8.77. The standard InChI is InChI=1S/C17H23NO3/c1-2-18(13-16-8-5-11-21-16)12-15-7-4-3-6-14(15)9-10-17(19)20/h3-4,6-7,9-10,16H,2,5,8,11-13H2,1H3,(H,19,20). The maximum Gasteiger partial charge on any atom is 0.328 e. The quantitative estimate of drug-likeness (QED) is 0.784. The molecule has 0 spiro atoms. The molecule has 0 aliphatic carbocycles. The smallest absolute Gasteiger partial charge is 0.328 e. The van der Waals surface area contributed by atoms with Gasteiger partial charge < -0.3 is 9.84 Å². The van der Waals surface area contributed by atoms with Crippen molar-refractivity contribution in [3.8, 4) is 0 Å². The zero-order valence-corrected chi connectivity index (χ0v) is 12.5. The summed E-state index contributed by atoms with van der Waals surface area (Å²) in [6, 6.07) is 7.93. The van der Waals surface area contributed by atoms with Crippen molar-refractivity contribution in [1.82, 2.24) is 4.90 Å². The van der Waals surface area contributed by atoms with Crippen molar-refractivity contribution in [3.05, 3.63) is 41.5 Å². The lowest BCUT2D eigenvalue weighted by molar-refractivity contribution is -0.131. The Morgan fingerprint density at radius 3 is 2.95 bits per heavy atom. The Kier molecular flexibility index (Phi) is 5.96. The van der Waals surface area contributed by atoms with E-state index in [1.54, 1.807) is 6.08 Å². The van der Waals surface area contributed by atoms with Crippen molar-refractivity contribution in [1.29, 1.82) is 0 Å². The van der Waals surface area contributed by atoms with Gasteiger partial charge >= 0.3 is 5.97 Å². The Labute approximate surface area is 126 Å². The Bertz CT molecular complexity index is 493. The fourth-order valence-corrected chi connectivity index (χ4v) is 2.62. The number of likely N-dealkylation sites (N-methyl/N-ethyl adjacent to an activating group) is 1. The highest BCUT2D eigenvalue weighted by atomic mass is 16.5. The normalized spacial score (nSPS) is 18.7. The third-order valence-corrected chi connectivity index (χ3v) is 3.79. The molecule has 1 aliphatic heterocycles. The van der Waals surface area contributed by atoms with E-state index in [4.69, 9.17) is 9.84 Å². The van der Waals surface area contributed by atoms with Crippen molar-refractivity contribution in [2.45, 2.75) is 32.4 Å². The first-order valence-electron chi connectivity index (χ1n) is 7.52. The molecule has 1 aliphatic rings. The minimum Gasteiger partial charge on any atom is -0.478 e. The molecule has 1 saturated heterocycles. The van der Waals surface area contributed by atoms with Gasteiger partial charge in [-0.05, 0) is 36.6 Å². The van der Waals surface area contributed by atoms with E-state index in [-0.39, 0.29) is 0 Å². The number of nitrogens with zero attached hydrogens (tertiary/aromatic N) is 1. The fraction of sp³-hybridized carbons (Fsp3) is 0.471. The first kappa shape index (κ1) is 15.7. The van der Waals surface area contributed by atoms with Crippen LogP contribution in [0.2, 0.25) is 0 Å². The minimum absolute atomic E-state index is 0.340. The number of hydrogen-bond acceptors (Lipinski definition) is 3. The second kappa shape index (κ2) is 7.96. The van der Waals surface area contributed by atoms with Gasteiger partial charge in [0.05, 0.1) is 6.10 Å². The van der Waals surface area contributed by atoms with Crippen LogP contribution in [0.5, 0.6) is 0 Å². The number of rotatable bonds is 7. The number of ether oxygens (including phenoxy) is 1. The number of benzene rings is 1. The van der Waals surface area contributed by atoms with E-state index in [2.05, 4.69) is 17.9 Å². The van der Waals surface area contributed by atoms with Crippen LogP contribution in [-0.4, -0.2) is 41.8 Å². The Hall–Kier alpha value is -1.65. The second-order valence-corrected chi connectivity index (χ2v) is 5.33. The summed E-state index contributed by atoms with van der Waals surface area (Å²) in [7, 11) is 0. The van der Waals surface area contributed by atoms with Gasteiger partial charge in [0.15, 0.2) is 0 Å². The number of aliphatic carboxylic acids is 1. The molecule has 0 radical (unpaired) electrons. The van der Waals surface area contributed by atoms with E-state index in [9.17, 15) is 4.79 Å². The molecule has 4 nitrogen and oxygen atoms in total. The van der Waals surface area contributed by atoms with Crippen LogP contribution in [-0.2, 0) is 16.1 Å². The topological polar surface area (TPSA) is 49.8 Å². The van der Waals surface area contributed by atoms with Crippen LogP contribution < -0.4 is 0 Å². The lowest BCUT2D eigenvalue weighted by Gasteiger charge is -2.24. The van der Waals surface area contributed by atoms with Gasteiger partial charge in [0, 0.05) is 25.8 Å². The van der Waals surface area contributed by atoms with Gasteiger partial charge in [-0.25, -0.2) is 4.79 Å². The zero-order chi connectivity index (χ0) is 15.1. The Morgan fingerprint density at radius 1 is 1.48 bits per heavy atom. The van der Waals surface area contributed by atoms with E-state index >= 15 is 0 Å². The third-order valence-electron chi connectivity index (χ3n) is 3.79. The van der Waals surface area contributed by atoms with Gasteiger partial charge in [-0.15, -0.1) is 0 Å². The summed E-state index contributed by atoms with van der Waals surface area (Å²) < 4.78 is 5.70. The predicted octanol–water partition coefficient (Wildman–Crippen LogP) is 2.79. The first-order valence-corrected chi connectivity index (χ1v) is 7.52. The van der Waals surface area contributed by atoms with Crippen LogP contribution in [0.3, 0.4) is 0 Å². The van der Waals surface area contributed by atoms with Crippen molar-refractivity contribution in [2.24, 2.45) is 0 Å². The Balaban J connectivity index is 2.04. The number of carboxylic acid groups (broad SMARTS) is 1. The maximum atomic E-state index is 10.7. The van der Waals surface area contributed by atoms with Crippen LogP contribution in [0.25, 0.3) is 6.08 Å². The molecular weight excluding hydrogens is 266 g/mol. The second-order valence-electron chi connectivity index (χ2n) is 5.33. The molecule has 1 fully saturated rings. The molecule has 114 valence electrons. The molecule has 0 aromatic heterocycles. The lowest BCUT2D eigenvalue weighted by Crippen LogP contribution is -2.31. The van der Waals surface area contributed by atoms with Gasteiger partial charge in [-0.1, -0.05) is 31.2 Å². The van der Waals surface area contributed by atoms with Crippen LogP contribution in [0, 0.1) is 0 Å². The summed E-state index contributed by atoms with van der Waals surface area (Å²) in [5.41, 5.74) is 2.11. The molecule has 1 atom stereocenters. The predicted molar refractivity (Wildman–Crippen MR) is 83.0 cm³/mol. The highest BCUT2D eigenvalue weighted by Gasteiger charge is 2.18. The molecule has 0 saturated carbocycles. The summed E-state index contributed by atoms with van der Waals surface area (Å²) in [6.07, 6.45) is 5.48. The number of carbonyl (C=O) groups is 1. The maximum absolute atomic E-state index is 10.7. The monoisotopic (exact) mass is 289 g/mol. The van der Waals surface area contributed by atoms with E-state index < -0.39 is 5.97 Å². The molecule has 4 heteroatoms. The molecular formula is C17H23NO3. The molecule has 0 amide bonds. The van der Waals surface area contributed by atoms with E-state index in [0.717, 1.165) is 50.2 Å². The third kappa shape index (κ3) is 4.99. The van der Waals surface area contributed by atoms with Crippen molar-refractivity contribution in [3.63, 3.8) is 0 Å². The van der Waals surface area contributed by atoms with Crippen LogP contribution in [0.1, 0.15) is 30.9 Å². The molecule has 1 aromatic rings. The molecule has 2 rings (SSSR count). The van der Waals surface area contributed by atoms with Crippen molar-refractivity contribution in [2.75, 3.05) is 19.7 Å². The molecule has 1 unspecified atom stereocenters. The summed E-state index contributed by atoms with van der Waals surface area (Å²) >= 11 is 0. The highest BCUT2D eigenvalue weighted by Crippen LogP contribution is 2.17. The van der Waals surface area contributed by atoms with Gasteiger partial charge in [0.25, 0.3) is 0 Å². The van der Waals surface area contributed by atoms with Crippen LogP contribution in [0.4, 0.5) is 0 Å².